The topological polar surface area (TPSA) is 110 Å². The molecule has 1 aliphatic rings. The van der Waals surface area contributed by atoms with Crippen LogP contribution in [-0.4, -0.2) is 41.6 Å². The minimum atomic E-state index is -4.00. The van der Waals surface area contributed by atoms with Crippen LogP contribution < -0.4 is 14.4 Å². The highest BCUT2D eigenvalue weighted by atomic mass is 35.5. The monoisotopic (exact) mass is 534 g/mol. The minimum absolute atomic E-state index is 0.0390. The Labute approximate surface area is 209 Å². The van der Waals surface area contributed by atoms with E-state index in [0.29, 0.717) is 16.3 Å². The molecule has 0 radical (unpaired) electrons. The second kappa shape index (κ2) is 9.52. The average molecular weight is 535 g/mol. The van der Waals surface area contributed by atoms with E-state index < -0.39 is 37.9 Å². The summed E-state index contributed by atoms with van der Waals surface area (Å²) in [7, 11) is -7.34. The highest BCUT2D eigenvalue weighted by Gasteiger charge is 2.37. The normalized spacial score (nSPS) is 16.7. The Morgan fingerprint density at radius 2 is 1.57 bits per heavy atom. The maximum absolute atomic E-state index is 13.4. The van der Waals surface area contributed by atoms with E-state index in [4.69, 9.17) is 16.3 Å². The zero-order valence-corrected chi connectivity index (χ0v) is 21.3. The zero-order chi connectivity index (χ0) is 25.4. The Balaban J connectivity index is 1.58. The fraction of sp³-hybridized carbons (Fsp3) is 0.208. The van der Waals surface area contributed by atoms with Gasteiger partial charge in [0.05, 0.1) is 28.1 Å². The molecule has 4 rings (SSSR count). The molecule has 35 heavy (non-hydrogen) atoms. The molecule has 2 atom stereocenters. The van der Waals surface area contributed by atoms with E-state index in [1.807, 2.05) is 0 Å². The molecule has 184 valence electrons. The molecule has 1 N–H and O–H groups in total. The quantitative estimate of drug-likeness (QED) is 0.517. The van der Waals surface area contributed by atoms with Gasteiger partial charge in [-0.2, -0.15) is 0 Å². The molecule has 1 heterocycles. The van der Waals surface area contributed by atoms with Crippen LogP contribution in [0.2, 0.25) is 5.02 Å². The van der Waals surface area contributed by atoms with Crippen LogP contribution in [-0.2, 0) is 24.7 Å². The largest absolute Gasteiger partial charge is 0.476 e. The Kier molecular flexibility index (Phi) is 6.81. The summed E-state index contributed by atoms with van der Waals surface area (Å²) in [6.45, 7) is 1.51. The zero-order valence-electron chi connectivity index (χ0n) is 18.9. The van der Waals surface area contributed by atoms with Crippen molar-refractivity contribution in [2.75, 3.05) is 17.1 Å². The molecular formula is C24H23ClN2O6S2. The third kappa shape index (κ3) is 5.29. The SMILES string of the molecule is C[C@H](NC(=O)[C@@H]1CN(S(=O)(=O)c2ccc(Cl)cc2)c2ccccc2O1)c1ccc(S(C)(=O)=O)cc1. The first-order chi connectivity index (χ1) is 16.5. The van der Waals surface area contributed by atoms with Crippen molar-refractivity contribution < 1.29 is 26.4 Å². The number of carbonyl (C=O) groups is 1. The van der Waals surface area contributed by atoms with Crippen LogP contribution in [0.1, 0.15) is 18.5 Å². The molecule has 11 heteroatoms. The molecule has 3 aromatic rings. The summed E-state index contributed by atoms with van der Waals surface area (Å²) < 4.78 is 57.2. The number of sulfonamides is 1. The van der Waals surface area contributed by atoms with Crippen LogP contribution >= 0.6 is 11.6 Å². The standard InChI is InChI=1S/C24H23ClN2O6S2/c1-16(17-7-11-19(12-8-17)34(2,29)30)26-24(28)23-15-27(21-5-3-4-6-22(21)33-23)35(31,32)20-13-9-18(25)10-14-20/h3-14,16,23H,15H2,1-2H3,(H,26,28)/t16-,23-/m0/s1. The van der Waals surface area contributed by atoms with E-state index in [2.05, 4.69) is 5.32 Å². The van der Waals surface area contributed by atoms with E-state index in [9.17, 15) is 21.6 Å². The van der Waals surface area contributed by atoms with Crippen molar-refractivity contribution in [1.82, 2.24) is 5.32 Å². The fourth-order valence-corrected chi connectivity index (χ4v) is 5.93. The molecule has 1 aliphatic heterocycles. The molecule has 0 aliphatic carbocycles. The molecule has 8 nitrogen and oxygen atoms in total. The second-order valence-electron chi connectivity index (χ2n) is 8.14. The molecule has 0 unspecified atom stereocenters. The number of nitrogens with zero attached hydrogens (tertiary/aromatic N) is 1. The van der Waals surface area contributed by atoms with Crippen molar-refractivity contribution >= 4 is 43.1 Å². The van der Waals surface area contributed by atoms with E-state index in [1.165, 1.54) is 36.4 Å². The van der Waals surface area contributed by atoms with Gasteiger partial charge in [-0.15, -0.1) is 0 Å². The molecule has 0 bridgehead atoms. The molecule has 1 amide bonds. The lowest BCUT2D eigenvalue weighted by atomic mass is 10.1. The Morgan fingerprint density at radius 1 is 0.971 bits per heavy atom. The van der Waals surface area contributed by atoms with Crippen molar-refractivity contribution in [1.29, 1.82) is 0 Å². The number of nitrogens with one attached hydrogen (secondary N) is 1. The second-order valence-corrected chi connectivity index (χ2v) is 12.5. The Morgan fingerprint density at radius 3 is 2.20 bits per heavy atom. The summed E-state index contributed by atoms with van der Waals surface area (Å²) in [6.07, 6.45) is 0.0136. The number of hydrogen-bond acceptors (Lipinski definition) is 6. The van der Waals surface area contributed by atoms with Crippen LogP contribution in [0.15, 0.2) is 82.6 Å². The van der Waals surface area contributed by atoms with Crippen LogP contribution in [0.25, 0.3) is 0 Å². The summed E-state index contributed by atoms with van der Waals surface area (Å²) in [5, 5.41) is 3.23. The highest BCUT2D eigenvalue weighted by molar-refractivity contribution is 7.92. The van der Waals surface area contributed by atoms with Crippen LogP contribution in [0.4, 0.5) is 5.69 Å². The van der Waals surface area contributed by atoms with Gasteiger partial charge >= 0.3 is 0 Å². The van der Waals surface area contributed by atoms with Crippen LogP contribution in [0, 0.1) is 0 Å². The van der Waals surface area contributed by atoms with Crippen LogP contribution in [0.5, 0.6) is 5.75 Å². The number of anilines is 1. The van der Waals surface area contributed by atoms with Crippen molar-refractivity contribution in [3.8, 4) is 5.75 Å². The number of rotatable bonds is 6. The van der Waals surface area contributed by atoms with Gasteiger partial charge in [0.25, 0.3) is 15.9 Å². The number of sulfone groups is 1. The summed E-state index contributed by atoms with van der Waals surface area (Å²) in [5.74, 6) is -0.239. The Bertz CT molecular complexity index is 1460. The predicted octanol–water partition coefficient (Wildman–Crippen LogP) is 3.58. The van der Waals surface area contributed by atoms with E-state index in [-0.39, 0.29) is 22.1 Å². The first kappa shape index (κ1) is 25.0. The number of hydrogen-bond donors (Lipinski definition) is 1. The number of para-hydroxylation sites is 2. The number of fused-ring (bicyclic) bond motifs is 1. The molecule has 0 aromatic heterocycles. The van der Waals surface area contributed by atoms with Gasteiger partial charge in [0.2, 0.25) is 0 Å². The van der Waals surface area contributed by atoms with Gasteiger partial charge in [-0.05, 0) is 61.0 Å². The molecular weight excluding hydrogens is 512 g/mol. The maximum atomic E-state index is 13.4. The Hall–Kier alpha value is -3.08. The van der Waals surface area contributed by atoms with Gasteiger partial charge < -0.3 is 10.1 Å². The van der Waals surface area contributed by atoms with Gasteiger partial charge in [-0.1, -0.05) is 35.9 Å². The van der Waals surface area contributed by atoms with Gasteiger partial charge in [-0.25, -0.2) is 16.8 Å². The first-order valence-electron chi connectivity index (χ1n) is 10.6. The van der Waals surface area contributed by atoms with Crippen LogP contribution in [0.3, 0.4) is 0 Å². The lowest BCUT2D eigenvalue weighted by Crippen LogP contribution is -2.51. The lowest BCUT2D eigenvalue weighted by Gasteiger charge is -2.35. The van der Waals surface area contributed by atoms with Gasteiger partial charge in [-0.3, -0.25) is 9.10 Å². The molecule has 0 spiro atoms. The summed E-state index contributed by atoms with van der Waals surface area (Å²) in [5.41, 5.74) is 1.02. The van der Waals surface area contributed by atoms with Crippen molar-refractivity contribution in [2.24, 2.45) is 0 Å². The molecule has 0 fully saturated rings. The summed E-state index contributed by atoms with van der Waals surface area (Å²) >= 11 is 5.91. The predicted molar refractivity (Wildman–Crippen MR) is 133 cm³/mol. The van der Waals surface area contributed by atoms with E-state index in [1.54, 1.807) is 43.3 Å². The third-order valence-corrected chi connectivity index (χ3v) is 8.77. The number of halogens is 1. The van der Waals surface area contributed by atoms with Crippen molar-refractivity contribution in [3.05, 3.63) is 83.4 Å². The fourth-order valence-electron chi connectivity index (χ4n) is 3.69. The smallest absolute Gasteiger partial charge is 0.264 e. The molecule has 3 aromatic carbocycles. The van der Waals surface area contributed by atoms with Crippen molar-refractivity contribution in [3.63, 3.8) is 0 Å². The van der Waals surface area contributed by atoms with E-state index >= 15 is 0 Å². The van der Waals surface area contributed by atoms with Gasteiger partial charge in [0.1, 0.15) is 5.75 Å². The molecule has 0 saturated carbocycles. The first-order valence-corrected chi connectivity index (χ1v) is 14.3. The number of ether oxygens (including phenoxy) is 1. The summed E-state index contributed by atoms with van der Waals surface area (Å²) in [6, 6.07) is 18.1. The van der Waals surface area contributed by atoms with Gasteiger partial charge in [0, 0.05) is 11.3 Å². The number of benzene rings is 3. The van der Waals surface area contributed by atoms with Crippen molar-refractivity contribution in [2.45, 2.75) is 28.9 Å². The van der Waals surface area contributed by atoms with E-state index in [0.717, 1.165) is 10.6 Å². The summed E-state index contributed by atoms with van der Waals surface area (Å²) in [4.78, 5) is 13.3. The average Bonchev–Trinajstić information content (AvgIpc) is 2.83. The minimum Gasteiger partial charge on any atom is -0.476 e. The molecule has 0 saturated heterocycles. The third-order valence-electron chi connectivity index (χ3n) is 5.60. The van der Waals surface area contributed by atoms with Gasteiger partial charge in [0.15, 0.2) is 15.9 Å². The highest BCUT2D eigenvalue weighted by Crippen LogP contribution is 2.37. The maximum Gasteiger partial charge on any atom is 0.264 e. The number of amides is 1. The lowest BCUT2D eigenvalue weighted by molar-refractivity contribution is -0.128. The number of carbonyl (C=O) groups excluding carboxylic acids is 1.